The van der Waals surface area contributed by atoms with E-state index in [0.29, 0.717) is 0 Å². The normalized spacial score (nSPS) is 23.1. The standard InChI is InChI=1S/C16H24N2O2/c1-16(2)9-6-10-17-14(16)15(20)18-11-13(19)12-7-4-3-5-8-12/h3-5,7-8,13-14,17,19H,6,9-11H2,1-2H3,(H,18,20). The number of aliphatic hydroxyl groups is 1. The molecule has 1 aromatic carbocycles. The number of nitrogens with one attached hydrogen (secondary N) is 2. The number of hydrogen-bond donors (Lipinski definition) is 3. The van der Waals surface area contributed by atoms with Crippen LogP contribution in [0.15, 0.2) is 30.3 Å². The first-order valence-electron chi connectivity index (χ1n) is 7.25. The second-order valence-electron chi connectivity index (χ2n) is 6.15. The van der Waals surface area contributed by atoms with E-state index in [1.807, 2.05) is 30.3 Å². The fourth-order valence-corrected chi connectivity index (χ4v) is 2.75. The van der Waals surface area contributed by atoms with Gasteiger partial charge in [-0.2, -0.15) is 0 Å². The molecule has 2 unspecified atom stereocenters. The van der Waals surface area contributed by atoms with Crippen molar-refractivity contribution in [3.05, 3.63) is 35.9 Å². The monoisotopic (exact) mass is 276 g/mol. The first kappa shape index (κ1) is 15.0. The summed E-state index contributed by atoms with van der Waals surface area (Å²) in [5, 5.41) is 16.2. The van der Waals surface area contributed by atoms with Crippen molar-refractivity contribution in [2.24, 2.45) is 5.41 Å². The van der Waals surface area contributed by atoms with Crippen molar-refractivity contribution in [3.8, 4) is 0 Å². The van der Waals surface area contributed by atoms with Gasteiger partial charge in [0.2, 0.25) is 5.91 Å². The lowest BCUT2D eigenvalue weighted by atomic mass is 9.77. The van der Waals surface area contributed by atoms with Crippen LogP contribution in [0.4, 0.5) is 0 Å². The fourth-order valence-electron chi connectivity index (χ4n) is 2.75. The van der Waals surface area contributed by atoms with E-state index in [0.717, 1.165) is 24.9 Å². The summed E-state index contributed by atoms with van der Waals surface area (Å²) in [5.41, 5.74) is 0.781. The minimum atomic E-state index is -0.660. The zero-order chi connectivity index (χ0) is 14.6. The molecule has 0 bridgehead atoms. The van der Waals surface area contributed by atoms with Gasteiger partial charge in [0.05, 0.1) is 12.1 Å². The summed E-state index contributed by atoms with van der Waals surface area (Å²) in [7, 11) is 0. The third-order valence-electron chi connectivity index (χ3n) is 4.04. The minimum absolute atomic E-state index is 0.0234. The maximum atomic E-state index is 12.3. The van der Waals surface area contributed by atoms with Crippen LogP contribution >= 0.6 is 0 Å². The van der Waals surface area contributed by atoms with Gasteiger partial charge in [0.25, 0.3) is 0 Å². The van der Waals surface area contributed by atoms with Crippen molar-refractivity contribution < 1.29 is 9.90 Å². The van der Waals surface area contributed by atoms with Crippen molar-refractivity contribution in [1.82, 2.24) is 10.6 Å². The number of amides is 1. The van der Waals surface area contributed by atoms with Crippen molar-refractivity contribution >= 4 is 5.91 Å². The molecule has 0 aliphatic carbocycles. The molecule has 1 aliphatic rings. The van der Waals surface area contributed by atoms with Crippen LogP contribution in [-0.4, -0.2) is 30.1 Å². The number of benzene rings is 1. The average molecular weight is 276 g/mol. The third kappa shape index (κ3) is 3.58. The molecule has 3 N–H and O–H groups in total. The van der Waals surface area contributed by atoms with Gasteiger partial charge in [-0.05, 0) is 30.4 Å². The lowest BCUT2D eigenvalue weighted by Gasteiger charge is -2.38. The van der Waals surface area contributed by atoms with E-state index >= 15 is 0 Å². The van der Waals surface area contributed by atoms with Crippen molar-refractivity contribution in [2.75, 3.05) is 13.1 Å². The Hall–Kier alpha value is -1.39. The molecule has 0 aromatic heterocycles. The van der Waals surface area contributed by atoms with E-state index in [-0.39, 0.29) is 23.9 Å². The Balaban J connectivity index is 1.89. The Morgan fingerprint density at radius 3 is 2.80 bits per heavy atom. The smallest absolute Gasteiger partial charge is 0.237 e. The Kier molecular flexibility index (Phi) is 4.78. The number of aliphatic hydroxyl groups excluding tert-OH is 1. The topological polar surface area (TPSA) is 61.4 Å². The Morgan fingerprint density at radius 2 is 2.15 bits per heavy atom. The first-order valence-corrected chi connectivity index (χ1v) is 7.25. The number of rotatable bonds is 4. The fraction of sp³-hybridized carbons (Fsp3) is 0.562. The molecule has 1 fully saturated rings. The van der Waals surface area contributed by atoms with E-state index < -0.39 is 6.10 Å². The lowest BCUT2D eigenvalue weighted by Crippen LogP contribution is -2.56. The van der Waals surface area contributed by atoms with E-state index in [9.17, 15) is 9.90 Å². The lowest BCUT2D eigenvalue weighted by molar-refractivity contribution is -0.127. The molecule has 0 spiro atoms. The van der Waals surface area contributed by atoms with Gasteiger partial charge in [-0.1, -0.05) is 44.2 Å². The minimum Gasteiger partial charge on any atom is -0.387 e. The summed E-state index contributed by atoms with van der Waals surface area (Å²) in [4.78, 5) is 12.3. The molecular formula is C16H24N2O2. The predicted octanol–water partition coefficient (Wildman–Crippen LogP) is 1.61. The molecule has 1 heterocycles. The molecule has 0 saturated carbocycles. The molecule has 4 heteroatoms. The molecule has 2 atom stereocenters. The van der Waals surface area contributed by atoms with Gasteiger partial charge in [0.15, 0.2) is 0 Å². The van der Waals surface area contributed by atoms with Crippen LogP contribution in [0.1, 0.15) is 38.4 Å². The van der Waals surface area contributed by atoms with Crippen LogP contribution in [0.25, 0.3) is 0 Å². The highest BCUT2D eigenvalue weighted by atomic mass is 16.3. The average Bonchev–Trinajstić information content (AvgIpc) is 2.45. The molecule has 1 aliphatic heterocycles. The van der Waals surface area contributed by atoms with Gasteiger partial charge < -0.3 is 15.7 Å². The molecule has 0 radical (unpaired) electrons. The summed E-state index contributed by atoms with van der Waals surface area (Å²) >= 11 is 0. The maximum absolute atomic E-state index is 12.3. The highest BCUT2D eigenvalue weighted by Crippen LogP contribution is 2.30. The Bertz CT molecular complexity index is 445. The van der Waals surface area contributed by atoms with Crippen LogP contribution in [0.3, 0.4) is 0 Å². The molecule has 4 nitrogen and oxygen atoms in total. The number of carbonyl (C=O) groups is 1. The quantitative estimate of drug-likeness (QED) is 0.783. The van der Waals surface area contributed by atoms with Gasteiger partial charge in [0.1, 0.15) is 0 Å². The van der Waals surface area contributed by atoms with Crippen LogP contribution in [-0.2, 0) is 4.79 Å². The Labute approximate surface area is 120 Å². The molecule has 2 rings (SSSR count). The molecule has 20 heavy (non-hydrogen) atoms. The van der Waals surface area contributed by atoms with Gasteiger partial charge in [-0.25, -0.2) is 0 Å². The van der Waals surface area contributed by atoms with Crippen LogP contribution in [0.5, 0.6) is 0 Å². The van der Waals surface area contributed by atoms with E-state index in [4.69, 9.17) is 0 Å². The van der Waals surface area contributed by atoms with Gasteiger partial charge in [-0.15, -0.1) is 0 Å². The number of carbonyl (C=O) groups excluding carboxylic acids is 1. The molecular weight excluding hydrogens is 252 g/mol. The Morgan fingerprint density at radius 1 is 1.45 bits per heavy atom. The van der Waals surface area contributed by atoms with Crippen molar-refractivity contribution in [2.45, 2.75) is 38.8 Å². The zero-order valence-electron chi connectivity index (χ0n) is 12.2. The van der Waals surface area contributed by atoms with Gasteiger partial charge >= 0.3 is 0 Å². The molecule has 110 valence electrons. The van der Waals surface area contributed by atoms with E-state index in [1.54, 1.807) is 0 Å². The number of piperidine rings is 1. The van der Waals surface area contributed by atoms with E-state index in [2.05, 4.69) is 24.5 Å². The van der Waals surface area contributed by atoms with Crippen LogP contribution in [0, 0.1) is 5.41 Å². The summed E-state index contributed by atoms with van der Waals surface area (Å²) in [6, 6.07) is 9.21. The SMILES string of the molecule is CC1(C)CCCNC1C(=O)NCC(O)c1ccccc1. The third-order valence-corrected chi connectivity index (χ3v) is 4.04. The highest BCUT2D eigenvalue weighted by Gasteiger charge is 2.36. The second kappa shape index (κ2) is 6.37. The van der Waals surface area contributed by atoms with Crippen LogP contribution < -0.4 is 10.6 Å². The highest BCUT2D eigenvalue weighted by molar-refractivity contribution is 5.82. The second-order valence-corrected chi connectivity index (χ2v) is 6.15. The summed E-state index contributed by atoms with van der Waals surface area (Å²) in [6.45, 7) is 5.34. The van der Waals surface area contributed by atoms with Gasteiger partial charge in [0, 0.05) is 6.54 Å². The predicted molar refractivity (Wildman–Crippen MR) is 79.2 cm³/mol. The van der Waals surface area contributed by atoms with Crippen LogP contribution in [0.2, 0.25) is 0 Å². The number of hydrogen-bond acceptors (Lipinski definition) is 3. The maximum Gasteiger partial charge on any atom is 0.237 e. The largest absolute Gasteiger partial charge is 0.387 e. The van der Waals surface area contributed by atoms with E-state index in [1.165, 1.54) is 0 Å². The molecule has 1 saturated heterocycles. The molecule has 1 aromatic rings. The summed E-state index contributed by atoms with van der Waals surface area (Å²) in [5.74, 6) is -0.0234. The van der Waals surface area contributed by atoms with Crippen molar-refractivity contribution in [3.63, 3.8) is 0 Å². The first-order chi connectivity index (χ1) is 9.50. The zero-order valence-corrected chi connectivity index (χ0v) is 12.2. The van der Waals surface area contributed by atoms with Gasteiger partial charge in [-0.3, -0.25) is 4.79 Å². The summed E-state index contributed by atoms with van der Waals surface area (Å²) < 4.78 is 0. The summed E-state index contributed by atoms with van der Waals surface area (Å²) in [6.07, 6.45) is 1.48. The molecule has 1 amide bonds. The van der Waals surface area contributed by atoms with Crippen molar-refractivity contribution in [1.29, 1.82) is 0 Å².